The monoisotopic (exact) mass is 460 g/mol. The van der Waals surface area contributed by atoms with Crippen molar-refractivity contribution in [3.63, 3.8) is 0 Å². The maximum Gasteiger partial charge on any atom is 0.190 e. The molecule has 6 nitrogen and oxygen atoms in total. The summed E-state index contributed by atoms with van der Waals surface area (Å²) in [6.45, 7) is 2.97. The Morgan fingerprint density at radius 2 is 1.88 bits per heavy atom. The van der Waals surface area contributed by atoms with E-state index >= 15 is 0 Å². The first kappa shape index (κ1) is 20.5. The van der Waals surface area contributed by atoms with Crippen LogP contribution in [0.2, 0.25) is 0 Å². The van der Waals surface area contributed by atoms with E-state index in [1.165, 1.54) is 57.2 Å². The molecule has 142 valence electrons. The molecule has 1 fully saturated rings. The molecule has 25 heavy (non-hydrogen) atoms. The van der Waals surface area contributed by atoms with Crippen molar-refractivity contribution in [1.29, 1.82) is 0 Å². The molecule has 1 aliphatic carbocycles. The quantitative estimate of drug-likeness (QED) is 0.403. The summed E-state index contributed by atoms with van der Waals surface area (Å²) < 4.78 is 2.33. The number of nitrogens with zero attached hydrogens (tertiary/aromatic N) is 4. The molecule has 1 aromatic heterocycles. The Morgan fingerprint density at radius 1 is 1.08 bits per heavy atom. The molecule has 0 radical (unpaired) electrons. The van der Waals surface area contributed by atoms with E-state index in [9.17, 15) is 0 Å². The molecular weight excluding hydrogens is 427 g/mol. The van der Waals surface area contributed by atoms with Crippen molar-refractivity contribution in [2.75, 3.05) is 20.1 Å². The third-order valence-corrected chi connectivity index (χ3v) is 5.33. The van der Waals surface area contributed by atoms with E-state index in [0.29, 0.717) is 0 Å². The summed E-state index contributed by atoms with van der Waals surface area (Å²) in [6, 6.07) is 0. The zero-order chi connectivity index (χ0) is 16.6. The molecule has 1 aromatic rings. The predicted molar refractivity (Wildman–Crippen MR) is 113 cm³/mol. The van der Waals surface area contributed by atoms with Gasteiger partial charge in [-0.1, -0.05) is 25.7 Å². The van der Waals surface area contributed by atoms with Crippen molar-refractivity contribution in [3.05, 3.63) is 11.6 Å². The first-order valence-corrected chi connectivity index (χ1v) is 9.72. The van der Waals surface area contributed by atoms with Crippen LogP contribution in [-0.4, -0.2) is 40.9 Å². The highest BCUT2D eigenvalue weighted by molar-refractivity contribution is 14.0. The van der Waals surface area contributed by atoms with E-state index in [1.807, 2.05) is 7.05 Å². The molecule has 1 aliphatic heterocycles. The van der Waals surface area contributed by atoms with Gasteiger partial charge in [0.2, 0.25) is 0 Å². The third-order valence-electron chi connectivity index (χ3n) is 5.33. The van der Waals surface area contributed by atoms with Gasteiger partial charge in [0, 0.05) is 39.5 Å². The van der Waals surface area contributed by atoms with Crippen LogP contribution < -0.4 is 10.6 Å². The first-order valence-electron chi connectivity index (χ1n) is 9.72. The van der Waals surface area contributed by atoms with Gasteiger partial charge in [0.15, 0.2) is 5.96 Å². The van der Waals surface area contributed by atoms with Gasteiger partial charge < -0.3 is 15.2 Å². The normalized spacial score (nSPS) is 18.8. The zero-order valence-corrected chi connectivity index (χ0v) is 17.8. The van der Waals surface area contributed by atoms with Crippen LogP contribution in [0.4, 0.5) is 0 Å². The summed E-state index contributed by atoms with van der Waals surface area (Å²) in [4.78, 5) is 4.35. The van der Waals surface area contributed by atoms with Crippen molar-refractivity contribution in [1.82, 2.24) is 25.4 Å². The van der Waals surface area contributed by atoms with Gasteiger partial charge in [0.1, 0.15) is 11.6 Å². The van der Waals surface area contributed by atoms with Crippen LogP contribution in [0, 0.1) is 5.92 Å². The minimum absolute atomic E-state index is 0. The molecule has 1 saturated carbocycles. The fourth-order valence-electron chi connectivity index (χ4n) is 3.88. The van der Waals surface area contributed by atoms with Crippen LogP contribution in [0.5, 0.6) is 0 Å². The summed E-state index contributed by atoms with van der Waals surface area (Å²) in [5.41, 5.74) is 0. The number of nitrogens with one attached hydrogen (secondary N) is 2. The minimum atomic E-state index is 0. The van der Waals surface area contributed by atoms with Crippen molar-refractivity contribution >= 4 is 29.9 Å². The number of rotatable bonds is 5. The Morgan fingerprint density at radius 3 is 2.68 bits per heavy atom. The Labute approximate surface area is 168 Å². The fraction of sp³-hybridized carbons (Fsp3) is 0.833. The summed E-state index contributed by atoms with van der Waals surface area (Å²) in [6.07, 6.45) is 12.7. The Kier molecular flexibility index (Phi) is 8.98. The molecule has 7 heteroatoms. The van der Waals surface area contributed by atoms with Gasteiger partial charge in [0.05, 0.1) is 0 Å². The molecule has 3 rings (SSSR count). The van der Waals surface area contributed by atoms with Gasteiger partial charge in [-0.05, 0) is 31.6 Å². The average Bonchev–Trinajstić information content (AvgIpc) is 2.85. The maximum atomic E-state index is 4.39. The number of aliphatic imine (C=N–C) groups is 1. The van der Waals surface area contributed by atoms with E-state index < -0.39 is 0 Å². The number of hydrogen-bond donors (Lipinski definition) is 2. The number of guanidine groups is 1. The summed E-state index contributed by atoms with van der Waals surface area (Å²) in [7, 11) is 1.85. The van der Waals surface area contributed by atoms with Crippen LogP contribution in [0.3, 0.4) is 0 Å². The minimum Gasteiger partial charge on any atom is -0.356 e. The van der Waals surface area contributed by atoms with Gasteiger partial charge in [-0.15, -0.1) is 34.2 Å². The van der Waals surface area contributed by atoms with Gasteiger partial charge in [-0.3, -0.25) is 4.99 Å². The van der Waals surface area contributed by atoms with Crippen molar-refractivity contribution < 1.29 is 0 Å². The van der Waals surface area contributed by atoms with Gasteiger partial charge in [-0.2, -0.15) is 0 Å². The molecule has 0 unspecified atom stereocenters. The second-order valence-electron chi connectivity index (χ2n) is 7.13. The fourth-order valence-corrected chi connectivity index (χ4v) is 3.88. The lowest BCUT2D eigenvalue weighted by atomic mass is 9.89. The van der Waals surface area contributed by atoms with Crippen LogP contribution in [0.15, 0.2) is 4.99 Å². The van der Waals surface area contributed by atoms with E-state index in [-0.39, 0.29) is 24.0 Å². The number of aryl methyl sites for hydroxylation is 1. The molecule has 0 atom stereocenters. The molecule has 0 saturated heterocycles. The van der Waals surface area contributed by atoms with Crippen molar-refractivity contribution in [2.24, 2.45) is 10.9 Å². The predicted octanol–water partition coefficient (Wildman–Crippen LogP) is 2.91. The number of aromatic nitrogens is 3. The third kappa shape index (κ3) is 6.11. The SMILES string of the molecule is CN=C(NCCc1nnc2n1CCCCC2)NCC1CCCCC1.I. The highest BCUT2D eigenvalue weighted by Gasteiger charge is 2.15. The maximum absolute atomic E-state index is 4.39. The number of halogens is 1. The number of hydrogen-bond acceptors (Lipinski definition) is 3. The van der Waals surface area contributed by atoms with E-state index in [0.717, 1.165) is 50.2 Å². The van der Waals surface area contributed by atoms with Gasteiger partial charge >= 0.3 is 0 Å². The molecule has 0 amide bonds. The Bertz CT molecular complexity index is 536. The van der Waals surface area contributed by atoms with Crippen LogP contribution in [0.25, 0.3) is 0 Å². The Balaban J connectivity index is 0.00000225. The highest BCUT2D eigenvalue weighted by Crippen LogP contribution is 2.22. The molecular formula is C18H33IN6. The van der Waals surface area contributed by atoms with E-state index in [2.05, 4.69) is 30.4 Å². The molecule has 2 N–H and O–H groups in total. The summed E-state index contributed by atoms with van der Waals surface area (Å²) in [5.74, 6) is 4.00. The van der Waals surface area contributed by atoms with Gasteiger partial charge in [0.25, 0.3) is 0 Å². The summed E-state index contributed by atoms with van der Waals surface area (Å²) in [5, 5.41) is 15.7. The molecule has 2 heterocycles. The van der Waals surface area contributed by atoms with Crippen LogP contribution >= 0.6 is 24.0 Å². The smallest absolute Gasteiger partial charge is 0.190 e. The first-order chi connectivity index (χ1) is 11.9. The largest absolute Gasteiger partial charge is 0.356 e. The van der Waals surface area contributed by atoms with Crippen LogP contribution in [0.1, 0.15) is 63.0 Å². The lowest BCUT2D eigenvalue weighted by Crippen LogP contribution is -2.41. The topological polar surface area (TPSA) is 67.1 Å². The molecule has 0 spiro atoms. The standard InChI is InChI=1S/C18H32N6.HI/c1-19-18(21-14-15-8-4-2-5-9-15)20-12-11-17-23-22-16-10-6-3-7-13-24(16)17;/h15H,2-14H2,1H3,(H2,19,20,21);1H. The van der Waals surface area contributed by atoms with E-state index in [1.54, 1.807) is 0 Å². The average molecular weight is 460 g/mol. The number of fused-ring (bicyclic) bond motifs is 1. The van der Waals surface area contributed by atoms with E-state index in [4.69, 9.17) is 0 Å². The molecule has 2 aliphatic rings. The lowest BCUT2D eigenvalue weighted by molar-refractivity contribution is 0.356. The second kappa shape index (κ2) is 11.0. The van der Waals surface area contributed by atoms with Crippen molar-refractivity contribution in [2.45, 2.75) is 70.8 Å². The zero-order valence-electron chi connectivity index (χ0n) is 15.5. The van der Waals surface area contributed by atoms with Gasteiger partial charge in [-0.25, -0.2) is 0 Å². The summed E-state index contributed by atoms with van der Waals surface area (Å²) >= 11 is 0. The van der Waals surface area contributed by atoms with Crippen molar-refractivity contribution in [3.8, 4) is 0 Å². The molecule has 0 aromatic carbocycles. The second-order valence-corrected chi connectivity index (χ2v) is 7.13. The molecule has 0 bridgehead atoms. The lowest BCUT2D eigenvalue weighted by Gasteiger charge is -2.22. The Hall–Kier alpha value is -0.860. The highest BCUT2D eigenvalue weighted by atomic mass is 127. The van der Waals surface area contributed by atoms with Crippen LogP contribution in [-0.2, 0) is 19.4 Å².